The Bertz CT molecular complexity index is 1230. The van der Waals surface area contributed by atoms with Crippen molar-refractivity contribution < 1.29 is 18.3 Å². The standard InChI is InChI=1S/C26H27F2N3O2/c27-18-7-6-17-10-13-30(24(17)14-18)11-1-2-12-31(19-4-3-5-19)20-15-22-21(26(29)32)8-9-23(28)25(22)33-16-20/h6-10,13-15,19H,1-5,11-12,16H2,(H2,29,32). The maximum absolute atomic E-state index is 14.3. The number of unbranched alkanes of at least 4 members (excludes halogenated alkanes) is 1. The van der Waals surface area contributed by atoms with Crippen LogP contribution in [0.15, 0.2) is 48.3 Å². The Morgan fingerprint density at radius 2 is 2.00 bits per heavy atom. The molecule has 1 aromatic heterocycles. The number of ether oxygens (including phenoxy) is 1. The van der Waals surface area contributed by atoms with E-state index in [0.29, 0.717) is 11.6 Å². The number of primary amides is 1. The fourth-order valence-corrected chi connectivity index (χ4v) is 4.77. The molecule has 2 aliphatic rings. The molecule has 0 unspecified atom stereocenters. The molecular formula is C26H27F2N3O2. The van der Waals surface area contributed by atoms with Crippen LogP contribution < -0.4 is 10.5 Å². The highest BCUT2D eigenvalue weighted by molar-refractivity contribution is 5.98. The first-order valence-electron chi connectivity index (χ1n) is 11.5. The first-order valence-corrected chi connectivity index (χ1v) is 11.5. The number of hydrogen-bond acceptors (Lipinski definition) is 3. The van der Waals surface area contributed by atoms with Crippen LogP contribution in [0.5, 0.6) is 5.75 Å². The van der Waals surface area contributed by atoms with Crippen molar-refractivity contribution in [2.45, 2.75) is 44.7 Å². The van der Waals surface area contributed by atoms with E-state index >= 15 is 0 Å². The summed E-state index contributed by atoms with van der Waals surface area (Å²) in [5.74, 6) is -1.22. The summed E-state index contributed by atoms with van der Waals surface area (Å²) in [6.07, 6.45) is 9.16. The molecule has 33 heavy (non-hydrogen) atoms. The van der Waals surface area contributed by atoms with Crippen LogP contribution in [-0.4, -0.2) is 34.6 Å². The highest BCUT2D eigenvalue weighted by Gasteiger charge is 2.30. The van der Waals surface area contributed by atoms with Gasteiger partial charge in [0.2, 0.25) is 5.91 Å². The van der Waals surface area contributed by atoms with Crippen LogP contribution in [0.2, 0.25) is 0 Å². The Morgan fingerprint density at radius 3 is 2.76 bits per heavy atom. The van der Waals surface area contributed by atoms with E-state index in [0.717, 1.165) is 55.4 Å². The van der Waals surface area contributed by atoms with E-state index in [9.17, 15) is 13.6 Å². The number of hydrogen-bond donors (Lipinski definition) is 1. The Labute approximate surface area is 191 Å². The predicted octanol–water partition coefficient (Wildman–Crippen LogP) is 5.09. The van der Waals surface area contributed by atoms with Crippen LogP contribution in [0.25, 0.3) is 17.0 Å². The van der Waals surface area contributed by atoms with Crippen LogP contribution in [0.1, 0.15) is 48.0 Å². The number of carbonyl (C=O) groups is 1. The summed E-state index contributed by atoms with van der Waals surface area (Å²) < 4.78 is 35.7. The van der Waals surface area contributed by atoms with Gasteiger partial charge in [-0.25, -0.2) is 8.78 Å². The zero-order valence-corrected chi connectivity index (χ0v) is 18.4. The Hall–Kier alpha value is -3.35. The van der Waals surface area contributed by atoms with Gasteiger partial charge in [-0.15, -0.1) is 0 Å². The average Bonchev–Trinajstić information content (AvgIpc) is 3.16. The topological polar surface area (TPSA) is 60.5 Å². The molecule has 5 nitrogen and oxygen atoms in total. The maximum Gasteiger partial charge on any atom is 0.249 e. The molecule has 1 amide bonds. The lowest BCUT2D eigenvalue weighted by atomic mass is 9.90. The largest absolute Gasteiger partial charge is 0.484 e. The molecule has 7 heteroatoms. The maximum atomic E-state index is 14.3. The van der Waals surface area contributed by atoms with Gasteiger partial charge >= 0.3 is 0 Å². The summed E-state index contributed by atoms with van der Waals surface area (Å²) >= 11 is 0. The molecule has 3 aromatic rings. The SMILES string of the molecule is NC(=O)c1ccc(F)c2c1C=C(N(CCCCn1ccc3ccc(F)cc31)C1CCC1)CO2. The highest BCUT2D eigenvalue weighted by atomic mass is 19.1. The molecule has 172 valence electrons. The van der Waals surface area contributed by atoms with Gasteiger partial charge in [0, 0.05) is 30.9 Å². The molecule has 1 fully saturated rings. The first-order chi connectivity index (χ1) is 16.0. The Balaban J connectivity index is 1.31. The summed E-state index contributed by atoms with van der Waals surface area (Å²) in [7, 11) is 0. The quantitative estimate of drug-likeness (QED) is 0.486. The van der Waals surface area contributed by atoms with Crippen LogP contribution in [0, 0.1) is 11.6 Å². The van der Waals surface area contributed by atoms with E-state index in [2.05, 4.69) is 9.47 Å². The smallest absolute Gasteiger partial charge is 0.249 e. The molecule has 0 radical (unpaired) electrons. The molecule has 1 aliphatic heterocycles. The van der Waals surface area contributed by atoms with Gasteiger partial charge < -0.3 is 19.9 Å². The number of halogens is 2. The number of aryl methyl sites for hydroxylation is 1. The lowest BCUT2D eigenvalue weighted by molar-refractivity contribution is 0.0999. The number of fused-ring (bicyclic) bond motifs is 2. The number of nitrogens with two attached hydrogens (primary N) is 1. The number of aromatic nitrogens is 1. The number of amides is 1. The first kappa shape index (κ1) is 21.5. The molecule has 0 saturated heterocycles. The minimum absolute atomic E-state index is 0.0929. The normalized spacial score (nSPS) is 15.5. The Kier molecular flexibility index (Phi) is 5.79. The molecule has 2 N–H and O–H groups in total. The van der Waals surface area contributed by atoms with Gasteiger partial charge in [-0.1, -0.05) is 0 Å². The zero-order chi connectivity index (χ0) is 22.9. The van der Waals surface area contributed by atoms with Crippen LogP contribution in [0.3, 0.4) is 0 Å². The number of carbonyl (C=O) groups excluding carboxylic acids is 1. The van der Waals surface area contributed by atoms with Crippen molar-refractivity contribution in [1.29, 1.82) is 0 Å². The third-order valence-electron chi connectivity index (χ3n) is 6.76. The van der Waals surface area contributed by atoms with Crippen LogP contribution >= 0.6 is 0 Å². The van der Waals surface area contributed by atoms with Crippen molar-refractivity contribution in [1.82, 2.24) is 9.47 Å². The van der Waals surface area contributed by atoms with Gasteiger partial charge in [-0.2, -0.15) is 0 Å². The third kappa shape index (κ3) is 4.19. The van der Waals surface area contributed by atoms with E-state index in [-0.39, 0.29) is 23.7 Å². The van der Waals surface area contributed by atoms with Crippen molar-refractivity contribution >= 4 is 22.9 Å². The summed E-state index contributed by atoms with van der Waals surface area (Å²) in [4.78, 5) is 14.2. The number of nitrogens with zero attached hydrogens (tertiary/aromatic N) is 2. The molecule has 0 spiro atoms. The fraction of sp³-hybridized carbons (Fsp3) is 0.346. The molecule has 2 heterocycles. The van der Waals surface area contributed by atoms with E-state index in [1.807, 2.05) is 18.3 Å². The summed E-state index contributed by atoms with van der Waals surface area (Å²) in [6.45, 7) is 1.91. The van der Waals surface area contributed by atoms with Gasteiger partial charge in [-0.3, -0.25) is 4.79 Å². The molecule has 1 saturated carbocycles. The van der Waals surface area contributed by atoms with Crippen molar-refractivity contribution in [2.24, 2.45) is 5.73 Å². The minimum atomic E-state index is -0.599. The van der Waals surface area contributed by atoms with Crippen LogP contribution in [-0.2, 0) is 6.54 Å². The van der Waals surface area contributed by atoms with Crippen molar-refractivity contribution in [3.05, 3.63) is 71.1 Å². The van der Waals surface area contributed by atoms with E-state index in [1.54, 1.807) is 12.1 Å². The second-order valence-corrected chi connectivity index (χ2v) is 8.82. The predicted molar refractivity (Wildman–Crippen MR) is 124 cm³/mol. The number of rotatable bonds is 8. The van der Waals surface area contributed by atoms with Gasteiger partial charge in [0.25, 0.3) is 0 Å². The summed E-state index contributed by atoms with van der Waals surface area (Å²) in [5, 5.41) is 1.04. The third-order valence-corrected chi connectivity index (χ3v) is 6.76. The molecule has 2 aromatic carbocycles. The van der Waals surface area contributed by atoms with Gasteiger partial charge in [-0.05, 0) is 80.0 Å². The monoisotopic (exact) mass is 451 g/mol. The lowest BCUT2D eigenvalue weighted by Crippen LogP contribution is -2.42. The molecule has 0 bridgehead atoms. The van der Waals surface area contributed by atoms with E-state index < -0.39 is 11.7 Å². The second-order valence-electron chi connectivity index (χ2n) is 8.82. The van der Waals surface area contributed by atoms with Crippen molar-refractivity contribution in [3.63, 3.8) is 0 Å². The molecule has 0 atom stereocenters. The van der Waals surface area contributed by atoms with Crippen molar-refractivity contribution in [2.75, 3.05) is 13.2 Å². The summed E-state index contributed by atoms with van der Waals surface area (Å²) in [6, 6.07) is 9.93. The Morgan fingerprint density at radius 1 is 1.15 bits per heavy atom. The zero-order valence-electron chi connectivity index (χ0n) is 18.4. The minimum Gasteiger partial charge on any atom is -0.484 e. The second kappa shape index (κ2) is 8.89. The number of benzene rings is 2. The fourth-order valence-electron chi connectivity index (χ4n) is 4.77. The van der Waals surface area contributed by atoms with Gasteiger partial charge in [0.1, 0.15) is 12.4 Å². The molecule has 1 aliphatic carbocycles. The van der Waals surface area contributed by atoms with E-state index in [1.165, 1.54) is 24.6 Å². The van der Waals surface area contributed by atoms with Crippen LogP contribution in [0.4, 0.5) is 8.78 Å². The molecule has 5 rings (SSSR count). The van der Waals surface area contributed by atoms with E-state index in [4.69, 9.17) is 10.5 Å². The lowest BCUT2D eigenvalue weighted by Gasteiger charge is -2.41. The average molecular weight is 452 g/mol. The van der Waals surface area contributed by atoms with Gasteiger partial charge in [0.05, 0.1) is 16.8 Å². The molecular weight excluding hydrogens is 424 g/mol. The van der Waals surface area contributed by atoms with Crippen molar-refractivity contribution in [3.8, 4) is 5.75 Å². The van der Waals surface area contributed by atoms with Gasteiger partial charge in [0.15, 0.2) is 11.6 Å². The summed E-state index contributed by atoms with van der Waals surface area (Å²) in [5.41, 5.74) is 8.07. The highest BCUT2D eigenvalue weighted by Crippen LogP contribution is 2.36.